The Morgan fingerprint density at radius 3 is 2.76 bits per heavy atom. The molecule has 2 N–H and O–H groups in total. The summed E-state index contributed by atoms with van der Waals surface area (Å²) < 4.78 is 29.4. The van der Waals surface area contributed by atoms with E-state index in [9.17, 15) is 18.4 Å². The number of aryl methyl sites for hydroxylation is 1. The third kappa shape index (κ3) is 5.30. The van der Waals surface area contributed by atoms with E-state index < -0.39 is 23.6 Å². The number of halogens is 3. The van der Waals surface area contributed by atoms with Crippen LogP contribution < -0.4 is 10.6 Å². The average Bonchev–Trinajstić information content (AvgIpc) is 3.06. The van der Waals surface area contributed by atoms with Crippen LogP contribution in [0.5, 0.6) is 0 Å². The highest BCUT2D eigenvalue weighted by molar-refractivity contribution is 5.85. The van der Waals surface area contributed by atoms with Crippen molar-refractivity contribution >= 4 is 24.2 Å². The second-order valence-electron chi connectivity index (χ2n) is 6.83. The minimum absolute atomic E-state index is 0. The topological polar surface area (TPSA) is 79.3 Å². The quantitative estimate of drug-likeness (QED) is 0.763. The molecule has 158 valence electrons. The minimum atomic E-state index is -0.887. The number of aromatic nitrogens is 2. The molecule has 1 aromatic carbocycles. The van der Waals surface area contributed by atoms with Gasteiger partial charge in [0.05, 0.1) is 12.5 Å². The molecule has 1 fully saturated rings. The van der Waals surface area contributed by atoms with Gasteiger partial charge in [-0.15, -0.1) is 12.4 Å². The molecule has 1 aliphatic heterocycles. The van der Waals surface area contributed by atoms with E-state index in [-0.39, 0.29) is 36.3 Å². The molecule has 0 saturated carbocycles. The number of nitrogens with one attached hydrogen (secondary N) is 2. The van der Waals surface area contributed by atoms with Crippen LogP contribution in [0.2, 0.25) is 0 Å². The second-order valence-corrected chi connectivity index (χ2v) is 6.83. The minimum Gasteiger partial charge on any atom is -0.349 e. The number of benzene rings is 1. The Kier molecular flexibility index (Phi) is 7.69. The Hall–Kier alpha value is -2.52. The van der Waals surface area contributed by atoms with Gasteiger partial charge in [-0.1, -0.05) is 6.07 Å². The molecule has 2 unspecified atom stereocenters. The Morgan fingerprint density at radius 1 is 1.38 bits per heavy atom. The van der Waals surface area contributed by atoms with Crippen molar-refractivity contribution in [3.05, 3.63) is 53.6 Å². The largest absolute Gasteiger partial charge is 0.349 e. The summed E-state index contributed by atoms with van der Waals surface area (Å²) in [6.45, 7) is 2.93. The molecule has 1 saturated heterocycles. The average molecular weight is 428 g/mol. The van der Waals surface area contributed by atoms with Gasteiger partial charge in [0.2, 0.25) is 11.8 Å². The van der Waals surface area contributed by atoms with Crippen molar-refractivity contribution in [1.82, 2.24) is 25.1 Å². The van der Waals surface area contributed by atoms with E-state index in [4.69, 9.17) is 0 Å². The number of hydrogen-bond acceptors (Lipinski definition) is 4. The van der Waals surface area contributed by atoms with E-state index in [1.54, 1.807) is 17.3 Å². The summed E-state index contributed by atoms with van der Waals surface area (Å²) in [6, 6.07) is 1.96. The summed E-state index contributed by atoms with van der Waals surface area (Å²) in [4.78, 5) is 30.7. The standard InChI is InChI=1S/C19H23F2N5O2.ClH/c1-12(27)24-16(14-4-3-13(20)9-15(14)21)10-18(28)26-8-5-22-11-17(26)19-23-6-7-25(19)2;/h3-4,6-7,9,16-17,22H,5,8,10-11H2,1-2H3,(H,24,27);1H. The molecule has 0 aliphatic carbocycles. The van der Waals surface area contributed by atoms with E-state index in [1.165, 1.54) is 13.0 Å². The predicted octanol–water partition coefficient (Wildman–Crippen LogP) is 1.86. The summed E-state index contributed by atoms with van der Waals surface area (Å²) in [5, 5.41) is 5.85. The molecule has 7 nitrogen and oxygen atoms in total. The Bertz CT molecular complexity index is 876. The maximum Gasteiger partial charge on any atom is 0.225 e. The van der Waals surface area contributed by atoms with Crippen LogP contribution in [0.1, 0.15) is 36.8 Å². The zero-order valence-corrected chi connectivity index (χ0v) is 17.0. The summed E-state index contributed by atoms with van der Waals surface area (Å²) in [7, 11) is 1.85. The van der Waals surface area contributed by atoms with Gasteiger partial charge in [-0.25, -0.2) is 13.8 Å². The molecule has 1 aliphatic rings. The molecule has 3 rings (SSSR count). The van der Waals surface area contributed by atoms with E-state index in [2.05, 4.69) is 15.6 Å². The van der Waals surface area contributed by atoms with Gasteiger partial charge in [0, 0.05) is 57.6 Å². The zero-order valence-electron chi connectivity index (χ0n) is 16.2. The molecule has 29 heavy (non-hydrogen) atoms. The SMILES string of the molecule is CC(=O)NC(CC(=O)N1CCNCC1c1nccn1C)c1ccc(F)cc1F.Cl. The molecular weight excluding hydrogens is 404 g/mol. The van der Waals surface area contributed by atoms with Gasteiger partial charge in [-0.2, -0.15) is 0 Å². The predicted molar refractivity (Wildman–Crippen MR) is 105 cm³/mol. The summed E-state index contributed by atoms with van der Waals surface area (Å²) in [5.41, 5.74) is 0.0774. The number of carbonyl (C=O) groups is 2. The zero-order chi connectivity index (χ0) is 20.3. The van der Waals surface area contributed by atoms with Crippen LogP contribution in [-0.4, -0.2) is 45.9 Å². The van der Waals surface area contributed by atoms with Gasteiger partial charge in [0.15, 0.2) is 0 Å². The number of imidazole rings is 1. The van der Waals surface area contributed by atoms with Crippen molar-refractivity contribution in [3.63, 3.8) is 0 Å². The lowest BCUT2D eigenvalue weighted by Crippen LogP contribution is -2.50. The highest BCUT2D eigenvalue weighted by Crippen LogP contribution is 2.26. The molecule has 0 bridgehead atoms. The molecule has 10 heteroatoms. The number of rotatable bonds is 5. The number of amides is 2. The maximum atomic E-state index is 14.3. The van der Waals surface area contributed by atoms with Gasteiger partial charge >= 0.3 is 0 Å². The lowest BCUT2D eigenvalue weighted by molar-refractivity contribution is -0.135. The number of nitrogens with zero attached hydrogens (tertiary/aromatic N) is 3. The van der Waals surface area contributed by atoms with Crippen LogP contribution in [0, 0.1) is 11.6 Å². The van der Waals surface area contributed by atoms with Crippen LogP contribution >= 0.6 is 12.4 Å². The molecule has 0 spiro atoms. The molecule has 0 radical (unpaired) electrons. The van der Waals surface area contributed by atoms with Crippen molar-refractivity contribution in [1.29, 1.82) is 0 Å². The third-order valence-electron chi connectivity index (χ3n) is 4.81. The number of carbonyl (C=O) groups excluding carboxylic acids is 2. The van der Waals surface area contributed by atoms with Crippen LogP contribution in [0.4, 0.5) is 8.78 Å². The van der Waals surface area contributed by atoms with Gasteiger partial charge in [-0.05, 0) is 6.07 Å². The van der Waals surface area contributed by atoms with Crippen molar-refractivity contribution in [2.24, 2.45) is 7.05 Å². The summed E-state index contributed by atoms with van der Waals surface area (Å²) in [6.07, 6.45) is 3.34. The summed E-state index contributed by atoms with van der Waals surface area (Å²) >= 11 is 0. The smallest absolute Gasteiger partial charge is 0.225 e. The van der Waals surface area contributed by atoms with Crippen molar-refractivity contribution in [2.45, 2.75) is 25.4 Å². The molecule has 2 atom stereocenters. The van der Waals surface area contributed by atoms with Crippen molar-refractivity contribution < 1.29 is 18.4 Å². The number of piperazine rings is 1. The van der Waals surface area contributed by atoms with Crippen LogP contribution in [0.15, 0.2) is 30.6 Å². The molecular formula is C19H24ClF2N5O2. The first-order valence-corrected chi connectivity index (χ1v) is 9.06. The second kappa shape index (κ2) is 9.80. The highest BCUT2D eigenvalue weighted by atomic mass is 35.5. The van der Waals surface area contributed by atoms with E-state index in [1.807, 2.05) is 11.6 Å². The number of hydrogen-bond donors (Lipinski definition) is 2. The fraction of sp³-hybridized carbons (Fsp3) is 0.421. The Balaban J connectivity index is 0.00000300. The summed E-state index contributed by atoms with van der Waals surface area (Å²) in [5.74, 6) is -1.41. The third-order valence-corrected chi connectivity index (χ3v) is 4.81. The fourth-order valence-corrected chi connectivity index (χ4v) is 3.49. The first kappa shape index (κ1) is 22.8. The van der Waals surface area contributed by atoms with Gasteiger partial charge in [0.25, 0.3) is 0 Å². The van der Waals surface area contributed by atoms with E-state index in [0.717, 1.165) is 18.0 Å². The molecule has 2 amide bonds. The van der Waals surface area contributed by atoms with Gasteiger partial charge in [0.1, 0.15) is 23.5 Å². The van der Waals surface area contributed by atoms with E-state index >= 15 is 0 Å². The van der Waals surface area contributed by atoms with Crippen molar-refractivity contribution in [3.8, 4) is 0 Å². The van der Waals surface area contributed by atoms with Crippen molar-refractivity contribution in [2.75, 3.05) is 19.6 Å². The molecule has 1 aromatic heterocycles. The Morgan fingerprint density at radius 2 is 2.14 bits per heavy atom. The lowest BCUT2D eigenvalue weighted by atomic mass is 10.0. The lowest BCUT2D eigenvalue weighted by Gasteiger charge is -2.36. The monoisotopic (exact) mass is 427 g/mol. The molecule has 2 heterocycles. The first-order valence-electron chi connectivity index (χ1n) is 9.06. The van der Waals surface area contributed by atoms with Crippen LogP contribution in [0.25, 0.3) is 0 Å². The highest BCUT2D eigenvalue weighted by Gasteiger charge is 2.32. The van der Waals surface area contributed by atoms with Gasteiger partial charge in [-0.3, -0.25) is 9.59 Å². The van der Waals surface area contributed by atoms with Crippen LogP contribution in [-0.2, 0) is 16.6 Å². The Labute approximate surface area is 173 Å². The van der Waals surface area contributed by atoms with Crippen LogP contribution in [0.3, 0.4) is 0 Å². The van der Waals surface area contributed by atoms with Gasteiger partial charge < -0.3 is 20.1 Å². The normalized spacial score (nSPS) is 17.4. The van der Waals surface area contributed by atoms with E-state index in [0.29, 0.717) is 19.6 Å². The molecule has 2 aromatic rings. The first-order chi connectivity index (χ1) is 13.4. The fourth-order valence-electron chi connectivity index (χ4n) is 3.49. The maximum absolute atomic E-state index is 14.3.